The van der Waals surface area contributed by atoms with E-state index in [-0.39, 0.29) is 17.8 Å². The zero-order valence-electron chi connectivity index (χ0n) is 12.4. The lowest BCUT2D eigenvalue weighted by molar-refractivity contribution is -0.128. The van der Waals surface area contributed by atoms with Crippen molar-refractivity contribution < 1.29 is 10.0 Å². The number of carbonyl (C=O) groups excluding carboxylic acids is 1. The molecule has 0 aromatic carbocycles. The number of oxime groups is 1. The summed E-state index contributed by atoms with van der Waals surface area (Å²) in [7, 11) is 0. The van der Waals surface area contributed by atoms with E-state index in [1.165, 1.54) is 19.3 Å². The van der Waals surface area contributed by atoms with E-state index in [1.54, 1.807) is 0 Å². The van der Waals surface area contributed by atoms with Crippen molar-refractivity contribution >= 4 is 11.7 Å². The third-order valence-corrected chi connectivity index (χ3v) is 5.19. The van der Waals surface area contributed by atoms with Gasteiger partial charge in [0.15, 0.2) is 5.84 Å². The molecule has 114 valence electrons. The summed E-state index contributed by atoms with van der Waals surface area (Å²) in [6.45, 7) is 2.21. The van der Waals surface area contributed by atoms with Gasteiger partial charge in [-0.2, -0.15) is 0 Å². The van der Waals surface area contributed by atoms with Crippen molar-refractivity contribution in [2.75, 3.05) is 0 Å². The van der Waals surface area contributed by atoms with Gasteiger partial charge in [0.2, 0.25) is 5.91 Å². The van der Waals surface area contributed by atoms with Crippen molar-refractivity contribution in [1.82, 2.24) is 5.32 Å². The molecule has 2 saturated carbocycles. The van der Waals surface area contributed by atoms with Crippen molar-refractivity contribution in [3.63, 3.8) is 0 Å². The van der Waals surface area contributed by atoms with Crippen LogP contribution in [0.15, 0.2) is 5.16 Å². The molecule has 2 atom stereocenters. The first-order chi connectivity index (χ1) is 9.62. The number of hydrogen-bond acceptors (Lipinski definition) is 3. The Morgan fingerprint density at radius 2 is 2.05 bits per heavy atom. The van der Waals surface area contributed by atoms with Crippen LogP contribution in [0.5, 0.6) is 0 Å². The average Bonchev–Trinajstić information content (AvgIpc) is 2.97. The van der Waals surface area contributed by atoms with Crippen LogP contribution in [0.1, 0.15) is 64.7 Å². The van der Waals surface area contributed by atoms with Crippen molar-refractivity contribution in [2.24, 2.45) is 22.2 Å². The molecule has 20 heavy (non-hydrogen) atoms. The van der Waals surface area contributed by atoms with Crippen molar-refractivity contribution in [3.8, 4) is 0 Å². The van der Waals surface area contributed by atoms with Crippen LogP contribution in [-0.2, 0) is 4.79 Å². The Morgan fingerprint density at radius 3 is 2.65 bits per heavy atom. The molecule has 5 nitrogen and oxygen atoms in total. The Balaban J connectivity index is 2.02. The average molecular weight is 281 g/mol. The largest absolute Gasteiger partial charge is 0.409 e. The van der Waals surface area contributed by atoms with Crippen LogP contribution in [0.2, 0.25) is 0 Å². The maximum absolute atomic E-state index is 12.6. The Kier molecular flexibility index (Phi) is 4.89. The van der Waals surface area contributed by atoms with E-state index >= 15 is 0 Å². The molecule has 0 spiro atoms. The van der Waals surface area contributed by atoms with Crippen LogP contribution in [0.4, 0.5) is 0 Å². The summed E-state index contributed by atoms with van der Waals surface area (Å²) in [5, 5.41) is 15.3. The summed E-state index contributed by atoms with van der Waals surface area (Å²) < 4.78 is 0. The molecule has 0 aromatic rings. The Bertz CT molecular complexity index is 375. The number of amides is 1. The van der Waals surface area contributed by atoms with E-state index in [4.69, 9.17) is 10.9 Å². The van der Waals surface area contributed by atoms with Gasteiger partial charge >= 0.3 is 0 Å². The highest BCUT2D eigenvalue weighted by atomic mass is 16.4. The summed E-state index contributed by atoms with van der Waals surface area (Å²) in [4.78, 5) is 12.6. The molecule has 0 heterocycles. The van der Waals surface area contributed by atoms with Crippen LogP contribution in [0, 0.1) is 11.3 Å². The number of rotatable bonds is 4. The highest BCUT2D eigenvalue weighted by Crippen LogP contribution is 2.39. The topological polar surface area (TPSA) is 87.7 Å². The van der Waals surface area contributed by atoms with Gasteiger partial charge in [-0.25, -0.2) is 0 Å². The minimum Gasteiger partial charge on any atom is -0.409 e. The molecule has 2 fully saturated rings. The van der Waals surface area contributed by atoms with E-state index in [2.05, 4.69) is 17.4 Å². The van der Waals surface area contributed by atoms with Gasteiger partial charge in [-0.1, -0.05) is 44.2 Å². The standard InChI is InChI=1S/C15H27N3O2/c1-2-11-6-5-7-12(10-11)17-14(19)15(13(16)18-20)8-3-4-9-15/h11-12,20H,2-10H2,1H3,(H2,16,18)(H,17,19). The Labute approximate surface area is 121 Å². The molecule has 0 aromatic heterocycles. The second kappa shape index (κ2) is 6.46. The lowest BCUT2D eigenvalue weighted by Crippen LogP contribution is -2.51. The van der Waals surface area contributed by atoms with Crippen LogP contribution in [-0.4, -0.2) is 23.0 Å². The highest BCUT2D eigenvalue weighted by Gasteiger charge is 2.46. The third-order valence-electron chi connectivity index (χ3n) is 5.19. The molecule has 0 saturated heterocycles. The predicted octanol–water partition coefficient (Wildman–Crippen LogP) is 2.38. The van der Waals surface area contributed by atoms with Crippen molar-refractivity contribution in [3.05, 3.63) is 0 Å². The lowest BCUT2D eigenvalue weighted by atomic mass is 9.81. The molecule has 1 amide bonds. The van der Waals surface area contributed by atoms with Gasteiger partial charge in [-0.15, -0.1) is 0 Å². The van der Waals surface area contributed by atoms with Gasteiger partial charge in [0.25, 0.3) is 0 Å². The van der Waals surface area contributed by atoms with E-state index in [0.717, 1.165) is 31.6 Å². The van der Waals surface area contributed by atoms with Crippen LogP contribution in [0.25, 0.3) is 0 Å². The second-order valence-electron chi connectivity index (χ2n) is 6.39. The molecule has 0 aliphatic heterocycles. The van der Waals surface area contributed by atoms with Gasteiger partial charge in [-0.3, -0.25) is 4.79 Å². The van der Waals surface area contributed by atoms with E-state index in [9.17, 15) is 4.79 Å². The van der Waals surface area contributed by atoms with E-state index in [0.29, 0.717) is 12.8 Å². The number of nitrogens with one attached hydrogen (secondary N) is 1. The smallest absolute Gasteiger partial charge is 0.234 e. The lowest BCUT2D eigenvalue weighted by Gasteiger charge is -2.33. The van der Waals surface area contributed by atoms with Crippen LogP contribution < -0.4 is 11.1 Å². The van der Waals surface area contributed by atoms with Gasteiger partial charge in [-0.05, 0) is 31.6 Å². The van der Waals surface area contributed by atoms with Gasteiger partial charge in [0, 0.05) is 6.04 Å². The molecule has 2 rings (SSSR count). The third kappa shape index (κ3) is 2.91. The fourth-order valence-corrected chi connectivity index (χ4v) is 3.79. The first-order valence-electron chi connectivity index (χ1n) is 7.91. The molecular formula is C15H27N3O2. The minimum atomic E-state index is -0.770. The fourth-order valence-electron chi connectivity index (χ4n) is 3.79. The number of carbonyl (C=O) groups is 1. The summed E-state index contributed by atoms with van der Waals surface area (Å²) >= 11 is 0. The molecule has 5 heteroatoms. The molecule has 2 aliphatic rings. The number of nitrogens with two attached hydrogens (primary N) is 1. The summed E-state index contributed by atoms with van der Waals surface area (Å²) in [6, 6.07) is 0.255. The number of nitrogens with zero attached hydrogens (tertiary/aromatic N) is 1. The predicted molar refractivity (Wildman–Crippen MR) is 78.5 cm³/mol. The van der Waals surface area contributed by atoms with E-state index in [1.807, 2.05) is 0 Å². The fraction of sp³-hybridized carbons (Fsp3) is 0.867. The quantitative estimate of drug-likeness (QED) is 0.320. The molecular weight excluding hydrogens is 254 g/mol. The van der Waals surface area contributed by atoms with Gasteiger partial charge < -0.3 is 16.3 Å². The zero-order valence-corrected chi connectivity index (χ0v) is 12.4. The number of hydrogen-bond donors (Lipinski definition) is 3. The normalized spacial score (nSPS) is 30.1. The molecule has 0 bridgehead atoms. The zero-order chi connectivity index (χ0) is 14.6. The maximum atomic E-state index is 12.6. The van der Waals surface area contributed by atoms with Gasteiger partial charge in [0.05, 0.1) is 0 Å². The molecule has 2 unspecified atom stereocenters. The molecule has 2 aliphatic carbocycles. The van der Waals surface area contributed by atoms with E-state index < -0.39 is 5.41 Å². The van der Waals surface area contributed by atoms with Crippen molar-refractivity contribution in [1.29, 1.82) is 0 Å². The minimum absolute atomic E-state index is 0.0351. The Morgan fingerprint density at radius 1 is 1.35 bits per heavy atom. The Hall–Kier alpha value is -1.26. The monoisotopic (exact) mass is 281 g/mol. The van der Waals surface area contributed by atoms with Crippen LogP contribution >= 0.6 is 0 Å². The summed E-state index contributed by atoms with van der Waals surface area (Å²) in [5.74, 6) is 0.764. The maximum Gasteiger partial charge on any atom is 0.234 e. The first-order valence-corrected chi connectivity index (χ1v) is 7.91. The molecule has 0 radical (unpaired) electrons. The van der Waals surface area contributed by atoms with Crippen LogP contribution in [0.3, 0.4) is 0 Å². The summed E-state index contributed by atoms with van der Waals surface area (Å²) in [6.07, 6.45) is 9.06. The molecule has 4 N–H and O–H groups in total. The first kappa shape index (κ1) is 15.1. The highest BCUT2D eigenvalue weighted by molar-refractivity contribution is 6.07. The van der Waals surface area contributed by atoms with Gasteiger partial charge in [0.1, 0.15) is 5.41 Å². The van der Waals surface area contributed by atoms with Crippen molar-refractivity contribution in [2.45, 2.75) is 70.8 Å². The SMILES string of the molecule is CCC1CCCC(NC(=O)C2(C(N)=NO)CCCC2)C1. The summed E-state index contributed by atoms with van der Waals surface area (Å²) in [5.41, 5.74) is 5.04. The second-order valence-corrected chi connectivity index (χ2v) is 6.39. The number of amidine groups is 1.